The van der Waals surface area contributed by atoms with Crippen molar-refractivity contribution in [1.82, 2.24) is 0 Å². The zero-order chi connectivity index (χ0) is 18.5. The topological polar surface area (TPSA) is 124 Å². The fraction of sp³-hybridized carbons (Fsp3) is 0.750. The summed E-state index contributed by atoms with van der Waals surface area (Å²) in [6, 6.07) is 0. The Morgan fingerprint density at radius 3 is 2.58 bits per heavy atom. The molecule has 24 heavy (non-hydrogen) atoms. The molecule has 136 valence electrons. The van der Waals surface area contributed by atoms with Crippen LogP contribution in [-0.2, 0) is 14.3 Å². The molecule has 7 nitrogen and oxygen atoms in total. The van der Waals surface area contributed by atoms with E-state index in [9.17, 15) is 29.3 Å². The van der Waals surface area contributed by atoms with E-state index in [-0.39, 0.29) is 31.5 Å². The molecule has 4 N–H and O–H groups in total. The minimum atomic E-state index is -2.21. The number of hydrogen-bond donors (Lipinski definition) is 4. The molecule has 0 amide bonds. The second kappa shape index (κ2) is 8.53. The number of terminal acetylenes is 1. The van der Waals surface area contributed by atoms with Crippen LogP contribution in [0.15, 0.2) is 0 Å². The van der Waals surface area contributed by atoms with Gasteiger partial charge in [-0.25, -0.2) is 9.18 Å². The third-order valence-corrected chi connectivity index (χ3v) is 4.33. The lowest BCUT2D eigenvalue weighted by molar-refractivity contribution is -0.233. The molecule has 1 aliphatic heterocycles. The fourth-order valence-electron chi connectivity index (χ4n) is 2.74. The Labute approximate surface area is 139 Å². The first-order valence-electron chi connectivity index (χ1n) is 7.64. The fourth-order valence-corrected chi connectivity index (χ4v) is 2.74. The van der Waals surface area contributed by atoms with Gasteiger partial charge >= 0.3 is 5.97 Å². The van der Waals surface area contributed by atoms with Crippen molar-refractivity contribution in [2.45, 2.75) is 62.7 Å². The molecule has 1 saturated heterocycles. The number of ketones is 1. The number of rotatable bonds is 8. The number of ether oxygens (including phenoxy) is 1. The zero-order valence-corrected chi connectivity index (χ0v) is 13.4. The van der Waals surface area contributed by atoms with Crippen molar-refractivity contribution in [1.29, 1.82) is 0 Å². The maximum atomic E-state index is 14.3. The highest BCUT2D eigenvalue weighted by atomic mass is 19.1. The first-order chi connectivity index (χ1) is 11.2. The number of aliphatic hydroxyl groups excluding tert-OH is 3. The van der Waals surface area contributed by atoms with Crippen LogP contribution in [0.25, 0.3) is 0 Å². The molecule has 1 aliphatic rings. The zero-order valence-electron chi connectivity index (χ0n) is 13.4. The van der Waals surface area contributed by atoms with Gasteiger partial charge < -0.3 is 25.2 Å². The predicted molar refractivity (Wildman–Crippen MR) is 80.7 cm³/mol. The van der Waals surface area contributed by atoms with Gasteiger partial charge in [-0.1, -0.05) is 0 Å². The Hall–Kier alpha value is -1.53. The van der Waals surface area contributed by atoms with Crippen molar-refractivity contribution in [2.75, 3.05) is 6.61 Å². The average molecular weight is 346 g/mol. The van der Waals surface area contributed by atoms with Crippen molar-refractivity contribution in [2.24, 2.45) is 5.92 Å². The van der Waals surface area contributed by atoms with Gasteiger partial charge in [-0.15, -0.1) is 12.3 Å². The number of halogens is 1. The second-order valence-corrected chi connectivity index (χ2v) is 6.15. The highest BCUT2D eigenvalue weighted by Gasteiger charge is 2.54. The van der Waals surface area contributed by atoms with Crippen LogP contribution in [0.3, 0.4) is 0 Å². The lowest BCUT2D eigenvalue weighted by Gasteiger charge is -2.44. The molecule has 0 aromatic rings. The molecule has 1 heterocycles. The number of carboxylic acid groups (broad SMARTS) is 1. The number of Topliss-reactive ketones (excluding diaryl/α,β-unsaturated/α-hetero) is 1. The number of carboxylic acids is 1. The van der Waals surface area contributed by atoms with Crippen LogP contribution in [-0.4, -0.2) is 68.9 Å². The summed E-state index contributed by atoms with van der Waals surface area (Å²) in [4.78, 5) is 23.2. The van der Waals surface area contributed by atoms with E-state index in [4.69, 9.17) is 16.3 Å². The van der Waals surface area contributed by atoms with Crippen molar-refractivity contribution >= 4 is 11.8 Å². The molecule has 1 fully saturated rings. The quantitative estimate of drug-likeness (QED) is 0.443. The Morgan fingerprint density at radius 1 is 1.46 bits per heavy atom. The molecule has 0 saturated carbocycles. The number of aliphatic carboxylic acids is 1. The summed E-state index contributed by atoms with van der Waals surface area (Å²) in [7, 11) is 0. The van der Waals surface area contributed by atoms with Gasteiger partial charge in [-0.2, -0.15) is 0 Å². The highest BCUT2D eigenvalue weighted by molar-refractivity contribution is 5.80. The van der Waals surface area contributed by atoms with Crippen LogP contribution in [0.1, 0.15) is 32.6 Å². The molecule has 6 atom stereocenters. The summed E-state index contributed by atoms with van der Waals surface area (Å²) in [6.45, 7) is 0.239. The SMILES string of the molecule is C#CCCC(=O)CC1CC(F)C(C)(C(=O)O)OC1[C@H](O)[C@H](O)CO. The van der Waals surface area contributed by atoms with Crippen molar-refractivity contribution in [3.8, 4) is 12.3 Å². The number of aliphatic hydroxyl groups is 3. The summed E-state index contributed by atoms with van der Waals surface area (Å²) in [6.07, 6.45) is -1.60. The largest absolute Gasteiger partial charge is 0.479 e. The van der Waals surface area contributed by atoms with E-state index in [1.807, 2.05) is 0 Å². The number of carbonyl (C=O) groups excluding carboxylic acids is 1. The minimum absolute atomic E-state index is 0.0749. The van der Waals surface area contributed by atoms with Crippen LogP contribution >= 0.6 is 0 Å². The van der Waals surface area contributed by atoms with Crippen LogP contribution in [0.2, 0.25) is 0 Å². The van der Waals surface area contributed by atoms with E-state index < -0.39 is 48.6 Å². The van der Waals surface area contributed by atoms with Crippen molar-refractivity contribution in [3.63, 3.8) is 0 Å². The van der Waals surface area contributed by atoms with Gasteiger partial charge in [0.2, 0.25) is 0 Å². The van der Waals surface area contributed by atoms with Crippen LogP contribution in [0.4, 0.5) is 4.39 Å². The van der Waals surface area contributed by atoms with Crippen molar-refractivity contribution < 1.29 is 39.1 Å². The maximum Gasteiger partial charge on any atom is 0.338 e. The third-order valence-electron chi connectivity index (χ3n) is 4.33. The Kier molecular flexibility index (Phi) is 7.29. The summed E-state index contributed by atoms with van der Waals surface area (Å²) < 4.78 is 19.6. The second-order valence-electron chi connectivity index (χ2n) is 6.15. The monoisotopic (exact) mass is 346 g/mol. The maximum absolute atomic E-state index is 14.3. The molecular weight excluding hydrogens is 323 g/mol. The van der Waals surface area contributed by atoms with Gasteiger partial charge in [0, 0.05) is 19.3 Å². The van der Waals surface area contributed by atoms with E-state index in [0.717, 1.165) is 6.92 Å². The molecule has 0 bridgehead atoms. The van der Waals surface area contributed by atoms with Crippen LogP contribution in [0, 0.1) is 18.3 Å². The lowest BCUT2D eigenvalue weighted by Crippen LogP contribution is -2.60. The standard InChI is InChI=1S/C16H23FO7/c1-3-4-5-10(19)6-9-7-12(17)16(2,15(22)23)24-14(9)13(21)11(20)8-18/h1,9,11-14,18,20-21H,4-8H2,2H3,(H,22,23)/t9?,11-,12?,13-,14?,16?/m1/s1. The van der Waals surface area contributed by atoms with Gasteiger partial charge in [-0.05, 0) is 19.3 Å². The van der Waals surface area contributed by atoms with E-state index in [0.29, 0.717) is 0 Å². The summed E-state index contributed by atoms with van der Waals surface area (Å²) in [5.41, 5.74) is -2.21. The minimum Gasteiger partial charge on any atom is -0.479 e. The van der Waals surface area contributed by atoms with E-state index in [2.05, 4.69) is 5.92 Å². The van der Waals surface area contributed by atoms with Gasteiger partial charge in [-0.3, -0.25) is 4.79 Å². The highest BCUT2D eigenvalue weighted by Crippen LogP contribution is 2.39. The van der Waals surface area contributed by atoms with Gasteiger partial charge in [0.1, 0.15) is 24.2 Å². The molecule has 0 spiro atoms. The van der Waals surface area contributed by atoms with Crippen molar-refractivity contribution in [3.05, 3.63) is 0 Å². The molecule has 0 aliphatic carbocycles. The molecule has 0 aromatic carbocycles. The molecule has 0 radical (unpaired) electrons. The Balaban J connectivity index is 3.00. The van der Waals surface area contributed by atoms with Gasteiger partial charge in [0.15, 0.2) is 5.60 Å². The number of hydrogen-bond acceptors (Lipinski definition) is 6. The molecular formula is C16H23FO7. The predicted octanol–water partition coefficient (Wildman–Crippen LogP) is -0.340. The molecule has 4 unspecified atom stereocenters. The van der Waals surface area contributed by atoms with E-state index in [1.165, 1.54) is 0 Å². The van der Waals surface area contributed by atoms with Gasteiger partial charge in [0.25, 0.3) is 0 Å². The Morgan fingerprint density at radius 2 is 2.08 bits per heavy atom. The molecule has 1 rings (SSSR count). The summed E-state index contributed by atoms with van der Waals surface area (Å²) >= 11 is 0. The van der Waals surface area contributed by atoms with E-state index in [1.54, 1.807) is 0 Å². The smallest absolute Gasteiger partial charge is 0.338 e. The van der Waals surface area contributed by atoms with Crippen LogP contribution in [0.5, 0.6) is 0 Å². The molecule has 8 heteroatoms. The number of alkyl halides is 1. The first kappa shape index (κ1) is 20.5. The third kappa shape index (κ3) is 4.51. The summed E-state index contributed by atoms with van der Waals surface area (Å²) in [5.74, 6) is -0.359. The van der Waals surface area contributed by atoms with Gasteiger partial charge in [0.05, 0.1) is 12.7 Å². The normalized spacial score (nSPS) is 32.6. The average Bonchev–Trinajstić information content (AvgIpc) is 2.54. The molecule has 0 aromatic heterocycles. The number of carbonyl (C=O) groups is 2. The summed E-state index contributed by atoms with van der Waals surface area (Å²) in [5, 5.41) is 37.9. The Bertz CT molecular complexity index is 503. The van der Waals surface area contributed by atoms with Crippen LogP contribution < -0.4 is 0 Å². The van der Waals surface area contributed by atoms with E-state index >= 15 is 0 Å². The first-order valence-corrected chi connectivity index (χ1v) is 7.64. The lowest BCUT2D eigenvalue weighted by atomic mass is 9.78.